The molecule has 1 amide bonds. The average molecular weight is 261 g/mol. The topological polar surface area (TPSA) is 45.2 Å². The van der Waals surface area contributed by atoms with Crippen LogP contribution in [0.5, 0.6) is 0 Å². The number of aryl methyl sites for hydroxylation is 1. The van der Waals surface area contributed by atoms with E-state index >= 15 is 0 Å². The van der Waals surface area contributed by atoms with Crippen molar-refractivity contribution in [2.75, 3.05) is 25.5 Å². The van der Waals surface area contributed by atoms with E-state index in [1.54, 1.807) is 0 Å². The predicted octanol–water partition coefficient (Wildman–Crippen LogP) is 2.56. The van der Waals surface area contributed by atoms with Crippen LogP contribution in [0.2, 0.25) is 0 Å². The summed E-state index contributed by atoms with van der Waals surface area (Å²) in [6.45, 7) is 6.07. The summed E-state index contributed by atoms with van der Waals surface area (Å²) in [7, 11) is 1.84. The third-order valence-corrected chi connectivity index (χ3v) is 3.60. The number of aromatic nitrogens is 1. The van der Waals surface area contributed by atoms with Crippen molar-refractivity contribution in [2.45, 2.75) is 33.1 Å². The quantitative estimate of drug-likeness (QED) is 0.906. The summed E-state index contributed by atoms with van der Waals surface area (Å²) in [5, 5.41) is 3.04. The van der Waals surface area contributed by atoms with E-state index in [1.807, 2.05) is 24.1 Å². The largest absolute Gasteiger partial charge is 0.373 e. The lowest BCUT2D eigenvalue weighted by Gasteiger charge is -2.17. The van der Waals surface area contributed by atoms with Crippen molar-refractivity contribution in [1.29, 1.82) is 0 Å². The molecule has 0 radical (unpaired) electrons. The molecule has 104 valence electrons. The highest BCUT2D eigenvalue weighted by Crippen LogP contribution is 2.20. The number of nitrogens with zero attached hydrogens (tertiary/aromatic N) is 2. The Morgan fingerprint density at radius 3 is 2.89 bits per heavy atom. The Kier molecular flexibility index (Phi) is 4.40. The van der Waals surface area contributed by atoms with E-state index in [0.717, 1.165) is 49.4 Å². The van der Waals surface area contributed by atoms with Crippen LogP contribution in [0, 0.1) is 5.92 Å². The minimum Gasteiger partial charge on any atom is -0.373 e. The molecule has 1 aromatic heterocycles. The molecule has 2 rings (SSSR count). The second-order valence-corrected chi connectivity index (χ2v) is 5.38. The zero-order valence-corrected chi connectivity index (χ0v) is 12.1. The molecular formula is C15H23N3O. The van der Waals surface area contributed by atoms with Gasteiger partial charge < -0.3 is 10.2 Å². The summed E-state index contributed by atoms with van der Waals surface area (Å²) in [4.78, 5) is 18.9. The van der Waals surface area contributed by atoms with Crippen LogP contribution in [-0.4, -0.2) is 35.9 Å². The van der Waals surface area contributed by atoms with Gasteiger partial charge in [0.05, 0.1) is 0 Å². The maximum atomic E-state index is 12.5. The standard InChI is InChI=1S/C15H23N3O/c1-4-5-13-8-12(9-14(16-3)17-13)15(19)18-7-6-11(2)10-18/h8-9,11H,4-7,10H2,1-3H3,(H,16,17). The van der Waals surface area contributed by atoms with Crippen molar-refractivity contribution in [3.8, 4) is 0 Å². The number of carbonyl (C=O) groups is 1. The molecule has 1 aliphatic heterocycles. The highest BCUT2D eigenvalue weighted by atomic mass is 16.2. The summed E-state index contributed by atoms with van der Waals surface area (Å²) in [5.74, 6) is 1.53. The second-order valence-electron chi connectivity index (χ2n) is 5.38. The molecule has 1 N–H and O–H groups in total. The first-order valence-electron chi connectivity index (χ1n) is 7.12. The monoisotopic (exact) mass is 261 g/mol. The zero-order chi connectivity index (χ0) is 13.8. The maximum absolute atomic E-state index is 12.5. The second kappa shape index (κ2) is 6.04. The number of pyridine rings is 1. The van der Waals surface area contributed by atoms with Crippen LogP contribution < -0.4 is 5.32 Å². The van der Waals surface area contributed by atoms with Gasteiger partial charge in [-0.2, -0.15) is 0 Å². The summed E-state index contributed by atoms with van der Waals surface area (Å²) in [6, 6.07) is 3.79. The molecule has 1 unspecified atom stereocenters. The molecule has 0 bridgehead atoms. The van der Waals surface area contributed by atoms with E-state index in [0.29, 0.717) is 5.92 Å². The summed E-state index contributed by atoms with van der Waals surface area (Å²) < 4.78 is 0. The van der Waals surface area contributed by atoms with E-state index in [2.05, 4.69) is 24.1 Å². The molecule has 0 aromatic carbocycles. The lowest BCUT2D eigenvalue weighted by molar-refractivity contribution is 0.0788. The Hall–Kier alpha value is -1.58. The average Bonchev–Trinajstić information content (AvgIpc) is 2.84. The Labute approximate surface area is 115 Å². The minimum atomic E-state index is 0.139. The van der Waals surface area contributed by atoms with E-state index < -0.39 is 0 Å². The molecule has 0 spiro atoms. The van der Waals surface area contributed by atoms with Gasteiger partial charge >= 0.3 is 0 Å². The molecule has 4 nitrogen and oxygen atoms in total. The van der Waals surface area contributed by atoms with Gasteiger partial charge in [0.15, 0.2) is 0 Å². The Morgan fingerprint density at radius 1 is 1.53 bits per heavy atom. The van der Waals surface area contributed by atoms with Crippen LogP contribution in [0.15, 0.2) is 12.1 Å². The Balaban J connectivity index is 2.22. The molecule has 1 aliphatic rings. The molecule has 1 aromatic rings. The molecular weight excluding hydrogens is 238 g/mol. The van der Waals surface area contributed by atoms with Crippen molar-refractivity contribution in [3.05, 3.63) is 23.4 Å². The predicted molar refractivity (Wildman–Crippen MR) is 77.5 cm³/mol. The molecule has 1 atom stereocenters. The van der Waals surface area contributed by atoms with Gasteiger partial charge in [0.2, 0.25) is 0 Å². The fourth-order valence-electron chi connectivity index (χ4n) is 2.53. The van der Waals surface area contributed by atoms with Crippen LogP contribution >= 0.6 is 0 Å². The third kappa shape index (κ3) is 3.25. The lowest BCUT2D eigenvalue weighted by Crippen LogP contribution is -2.28. The van der Waals surface area contributed by atoms with E-state index in [1.165, 1.54) is 0 Å². The number of rotatable bonds is 4. The molecule has 2 heterocycles. The van der Waals surface area contributed by atoms with Gasteiger partial charge in [0.1, 0.15) is 5.82 Å². The van der Waals surface area contributed by atoms with Gasteiger partial charge in [-0.25, -0.2) is 4.98 Å². The molecule has 1 saturated heterocycles. The normalized spacial score (nSPS) is 18.7. The van der Waals surface area contributed by atoms with Crippen LogP contribution in [0.1, 0.15) is 42.7 Å². The fraction of sp³-hybridized carbons (Fsp3) is 0.600. The number of anilines is 1. The molecule has 4 heteroatoms. The van der Waals surface area contributed by atoms with Crippen LogP contribution in [0.25, 0.3) is 0 Å². The van der Waals surface area contributed by atoms with Crippen LogP contribution in [-0.2, 0) is 6.42 Å². The zero-order valence-electron chi connectivity index (χ0n) is 12.1. The number of hydrogen-bond acceptors (Lipinski definition) is 3. The van der Waals surface area contributed by atoms with Crippen molar-refractivity contribution in [3.63, 3.8) is 0 Å². The first-order valence-corrected chi connectivity index (χ1v) is 7.12. The van der Waals surface area contributed by atoms with E-state index in [4.69, 9.17) is 0 Å². The third-order valence-electron chi connectivity index (χ3n) is 3.60. The van der Waals surface area contributed by atoms with Crippen molar-refractivity contribution < 1.29 is 4.79 Å². The van der Waals surface area contributed by atoms with E-state index in [9.17, 15) is 4.79 Å². The van der Waals surface area contributed by atoms with Gasteiger partial charge in [0, 0.05) is 31.4 Å². The SMILES string of the molecule is CCCc1cc(C(=O)N2CCC(C)C2)cc(NC)n1. The van der Waals surface area contributed by atoms with Gasteiger partial charge in [-0.05, 0) is 30.9 Å². The van der Waals surface area contributed by atoms with Crippen LogP contribution in [0.3, 0.4) is 0 Å². The number of nitrogens with one attached hydrogen (secondary N) is 1. The number of amides is 1. The molecule has 19 heavy (non-hydrogen) atoms. The lowest BCUT2D eigenvalue weighted by atomic mass is 10.1. The highest BCUT2D eigenvalue weighted by Gasteiger charge is 2.24. The summed E-state index contributed by atoms with van der Waals surface area (Å²) >= 11 is 0. The van der Waals surface area contributed by atoms with Gasteiger partial charge in [-0.15, -0.1) is 0 Å². The van der Waals surface area contributed by atoms with Crippen LogP contribution in [0.4, 0.5) is 5.82 Å². The number of hydrogen-bond donors (Lipinski definition) is 1. The molecule has 0 aliphatic carbocycles. The molecule has 0 saturated carbocycles. The smallest absolute Gasteiger partial charge is 0.254 e. The van der Waals surface area contributed by atoms with E-state index in [-0.39, 0.29) is 5.91 Å². The van der Waals surface area contributed by atoms with Crippen molar-refractivity contribution in [1.82, 2.24) is 9.88 Å². The Bertz CT molecular complexity index is 459. The molecule has 1 fully saturated rings. The van der Waals surface area contributed by atoms with Gasteiger partial charge in [-0.3, -0.25) is 4.79 Å². The number of likely N-dealkylation sites (tertiary alicyclic amines) is 1. The first kappa shape index (κ1) is 13.8. The fourth-order valence-corrected chi connectivity index (χ4v) is 2.53. The van der Waals surface area contributed by atoms with Crippen molar-refractivity contribution >= 4 is 11.7 Å². The summed E-state index contributed by atoms with van der Waals surface area (Å²) in [6.07, 6.45) is 3.05. The number of carbonyl (C=O) groups excluding carboxylic acids is 1. The summed E-state index contributed by atoms with van der Waals surface area (Å²) in [5.41, 5.74) is 1.75. The first-order chi connectivity index (χ1) is 9.13. The van der Waals surface area contributed by atoms with Gasteiger partial charge in [-0.1, -0.05) is 20.3 Å². The van der Waals surface area contributed by atoms with Gasteiger partial charge in [0.25, 0.3) is 5.91 Å². The Morgan fingerprint density at radius 2 is 2.32 bits per heavy atom. The highest BCUT2D eigenvalue weighted by molar-refractivity contribution is 5.95. The van der Waals surface area contributed by atoms with Crippen molar-refractivity contribution in [2.24, 2.45) is 5.92 Å². The minimum absolute atomic E-state index is 0.139. The maximum Gasteiger partial charge on any atom is 0.254 e.